The highest BCUT2D eigenvalue weighted by Crippen LogP contribution is 2.40. The van der Waals surface area contributed by atoms with Gasteiger partial charge in [0, 0.05) is 56.4 Å². The highest BCUT2D eigenvalue weighted by Gasteiger charge is 2.35. The van der Waals surface area contributed by atoms with E-state index < -0.39 is 0 Å². The first kappa shape index (κ1) is 18.6. The molecule has 1 unspecified atom stereocenters. The molecule has 2 aliphatic rings. The molecule has 5 nitrogen and oxygen atoms in total. The third kappa shape index (κ3) is 4.17. The van der Waals surface area contributed by atoms with Crippen molar-refractivity contribution < 1.29 is 9.84 Å². The van der Waals surface area contributed by atoms with Crippen molar-refractivity contribution in [2.45, 2.75) is 45.4 Å². The Balaban J connectivity index is 1.77. The molecule has 2 heterocycles. The highest BCUT2D eigenvalue weighted by atomic mass is 16.5. The predicted molar refractivity (Wildman–Crippen MR) is 101 cm³/mol. The molecule has 3 N–H and O–H groups in total. The van der Waals surface area contributed by atoms with Gasteiger partial charge in [0.25, 0.3) is 0 Å². The van der Waals surface area contributed by atoms with Gasteiger partial charge in [-0.05, 0) is 31.5 Å². The van der Waals surface area contributed by atoms with Crippen molar-refractivity contribution in [3.8, 4) is 5.75 Å². The van der Waals surface area contributed by atoms with Gasteiger partial charge in [0.15, 0.2) is 0 Å². The summed E-state index contributed by atoms with van der Waals surface area (Å²) in [6.45, 7) is 8.84. The van der Waals surface area contributed by atoms with E-state index in [0.717, 1.165) is 44.8 Å². The van der Waals surface area contributed by atoms with Crippen LogP contribution in [0.25, 0.3) is 0 Å². The molecule has 0 radical (unpaired) electrons. The molecule has 1 aromatic carbocycles. The molecule has 1 aromatic rings. The summed E-state index contributed by atoms with van der Waals surface area (Å²) in [7, 11) is 2.17. The maximum Gasteiger partial charge on any atom is 0.124 e. The molecule has 0 spiro atoms. The highest BCUT2D eigenvalue weighted by molar-refractivity contribution is 5.45. The van der Waals surface area contributed by atoms with E-state index in [1.807, 2.05) is 0 Å². The van der Waals surface area contributed by atoms with E-state index in [4.69, 9.17) is 10.5 Å². The van der Waals surface area contributed by atoms with E-state index in [-0.39, 0.29) is 18.1 Å². The third-order valence-electron chi connectivity index (χ3n) is 5.57. The van der Waals surface area contributed by atoms with Crippen LogP contribution in [0.5, 0.6) is 5.75 Å². The van der Waals surface area contributed by atoms with Crippen molar-refractivity contribution in [3.63, 3.8) is 0 Å². The molecule has 0 aliphatic carbocycles. The molecule has 25 heavy (non-hydrogen) atoms. The zero-order valence-corrected chi connectivity index (χ0v) is 15.9. The summed E-state index contributed by atoms with van der Waals surface area (Å²) in [5, 5.41) is 9.64. The van der Waals surface area contributed by atoms with Gasteiger partial charge in [-0.25, -0.2) is 0 Å². The van der Waals surface area contributed by atoms with Crippen LogP contribution in [-0.4, -0.2) is 60.8 Å². The van der Waals surface area contributed by atoms with Gasteiger partial charge in [0.2, 0.25) is 0 Å². The van der Waals surface area contributed by atoms with Gasteiger partial charge < -0.3 is 20.5 Å². The van der Waals surface area contributed by atoms with Crippen LogP contribution in [0.1, 0.15) is 43.9 Å². The Bertz CT molecular complexity index is 582. The van der Waals surface area contributed by atoms with Gasteiger partial charge >= 0.3 is 0 Å². The van der Waals surface area contributed by atoms with Crippen LogP contribution in [0, 0.1) is 5.41 Å². The number of hydrogen-bond donors (Lipinski definition) is 2. The number of likely N-dealkylation sites (tertiary alicyclic amines) is 1. The molecule has 5 heteroatoms. The summed E-state index contributed by atoms with van der Waals surface area (Å²) in [4.78, 5) is 4.75. The Labute approximate surface area is 151 Å². The zero-order valence-electron chi connectivity index (χ0n) is 15.9. The van der Waals surface area contributed by atoms with E-state index in [1.165, 1.54) is 11.1 Å². The number of hydrogen-bond acceptors (Lipinski definition) is 5. The van der Waals surface area contributed by atoms with Crippen LogP contribution in [0.15, 0.2) is 18.2 Å². The Kier molecular flexibility index (Phi) is 5.68. The third-order valence-corrected chi connectivity index (χ3v) is 5.57. The molecule has 0 saturated carbocycles. The van der Waals surface area contributed by atoms with Crippen molar-refractivity contribution in [1.29, 1.82) is 0 Å². The van der Waals surface area contributed by atoms with Gasteiger partial charge in [0.1, 0.15) is 11.9 Å². The maximum atomic E-state index is 9.64. The SMILES string of the molecule is CN1CCC(Oc2cccc3c2CN(CC(C)(C)CO)C3CN)CC1. The van der Waals surface area contributed by atoms with Crippen LogP contribution in [-0.2, 0) is 6.54 Å². The second-order valence-electron chi connectivity index (χ2n) is 8.42. The second kappa shape index (κ2) is 7.62. The largest absolute Gasteiger partial charge is 0.490 e. The monoisotopic (exact) mass is 347 g/mol. The topological polar surface area (TPSA) is 62.0 Å². The predicted octanol–water partition coefficient (Wildman–Crippen LogP) is 1.99. The molecule has 2 aliphatic heterocycles. The Morgan fingerprint density at radius 1 is 1.28 bits per heavy atom. The normalized spacial score (nSPS) is 23.0. The molecule has 0 aromatic heterocycles. The van der Waals surface area contributed by atoms with E-state index in [9.17, 15) is 5.11 Å². The molecule has 0 bridgehead atoms. The van der Waals surface area contributed by atoms with Gasteiger partial charge in [-0.1, -0.05) is 26.0 Å². The maximum absolute atomic E-state index is 9.64. The number of nitrogens with zero attached hydrogens (tertiary/aromatic N) is 2. The molecule has 3 rings (SSSR count). The Morgan fingerprint density at radius 2 is 2.00 bits per heavy atom. The van der Waals surface area contributed by atoms with Crippen molar-refractivity contribution >= 4 is 0 Å². The first-order valence-electron chi connectivity index (χ1n) is 9.45. The van der Waals surface area contributed by atoms with E-state index in [2.05, 4.69) is 48.9 Å². The fraction of sp³-hybridized carbons (Fsp3) is 0.700. The number of aliphatic hydroxyl groups excluding tert-OH is 1. The molecule has 1 atom stereocenters. The summed E-state index contributed by atoms with van der Waals surface area (Å²) in [5.41, 5.74) is 8.54. The lowest BCUT2D eigenvalue weighted by molar-refractivity contribution is 0.0833. The van der Waals surface area contributed by atoms with Crippen molar-refractivity contribution in [3.05, 3.63) is 29.3 Å². The standard InChI is InChI=1S/C20H33N3O2/c1-20(2,14-24)13-23-12-17-16(18(23)11-21)5-4-6-19(17)25-15-7-9-22(3)10-8-15/h4-6,15,18,24H,7-14,21H2,1-3H3. The van der Waals surface area contributed by atoms with Gasteiger partial charge in [-0.2, -0.15) is 0 Å². The molecule has 1 fully saturated rings. The number of piperidine rings is 1. The average molecular weight is 348 g/mol. The first-order chi connectivity index (χ1) is 11.9. The lowest BCUT2D eigenvalue weighted by Gasteiger charge is -2.32. The summed E-state index contributed by atoms with van der Waals surface area (Å²) < 4.78 is 6.40. The van der Waals surface area contributed by atoms with Crippen molar-refractivity contribution in [1.82, 2.24) is 9.80 Å². The summed E-state index contributed by atoms with van der Waals surface area (Å²) in [6.07, 6.45) is 2.48. The number of aliphatic hydroxyl groups is 1. The number of fused-ring (bicyclic) bond motifs is 1. The quantitative estimate of drug-likeness (QED) is 0.824. The fourth-order valence-electron chi connectivity index (χ4n) is 4.01. The minimum absolute atomic E-state index is 0.134. The van der Waals surface area contributed by atoms with E-state index in [1.54, 1.807) is 0 Å². The zero-order chi connectivity index (χ0) is 18.0. The van der Waals surface area contributed by atoms with Crippen LogP contribution >= 0.6 is 0 Å². The van der Waals surface area contributed by atoms with Crippen LogP contribution in [0.4, 0.5) is 0 Å². The summed E-state index contributed by atoms with van der Waals surface area (Å²) in [5.74, 6) is 1.02. The van der Waals surface area contributed by atoms with E-state index in [0.29, 0.717) is 12.6 Å². The molecule has 1 saturated heterocycles. The average Bonchev–Trinajstić information content (AvgIpc) is 2.94. The smallest absolute Gasteiger partial charge is 0.124 e. The number of rotatable bonds is 6. The molecular formula is C20H33N3O2. The van der Waals surface area contributed by atoms with Crippen molar-refractivity contribution in [2.75, 3.05) is 39.8 Å². The number of benzene rings is 1. The lowest BCUT2D eigenvalue weighted by Crippen LogP contribution is -2.37. The fourth-order valence-corrected chi connectivity index (χ4v) is 4.01. The van der Waals surface area contributed by atoms with E-state index >= 15 is 0 Å². The van der Waals surface area contributed by atoms with Crippen LogP contribution < -0.4 is 10.5 Å². The minimum Gasteiger partial charge on any atom is -0.490 e. The first-order valence-corrected chi connectivity index (χ1v) is 9.45. The minimum atomic E-state index is -0.134. The lowest BCUT2D eigenvalue weighted by atomic mass is 9.93. The number of nitrogens with two attached hydrogens (primary N) is 1. The summed E-state index contributed by atoms with van der Waals surface area (Å²) >= 11 is 0. The van der Waals surface area contributed by atoms with Crippen molar-refractivity contribution in [2.24, 2.45) is 11.1 Å². The van der Waals surface area contributed by atoms with Gasteiger partial charge in [-0.3, -0.25) is 4.90 Å². The van der Waals surface area contributed by atoms with Gasteiger partial charge in [-0.15, -0.1) is 0 Å². The van der Waals surface area contributed by atoms with Crippen LogP contribution in [0.3, 0.4) is 0 Å². The molecule has 0 amide bonds. The number of ether oxygens (including phenoxy) is 1. The van der Waals surface area contributed by atoms with Gasteiger partial charge in [0.05, 0.1) is 0 Å². The Morgan fingerprint density at radius 3 is 2.64 bits per heavy atom. The summed E-state index contributed by atoms with van der Waals surface area (Å²) in [6, 6.07) is 6.58. The second-order valence-corrected chi connectivity index (χ2v) is 8.42. The Hall–Kier alpha value is -1.14. The van der Waals surface area contributed by atoms with Crippen LogP contribution in [0.2, 0.25) is 0 Å². The molecule has 140 valence electrons. The molecular weight excluding hydrogens is 314 g/mol.